The molecule has 180 valence electrons. The summed E-state index contributed by atoms with van der Waals surface area (Å²) in [6.45, 7) is 6.63. The summed E-state index contributed by atoms with van der Waals surface area (Å²) in [5, 5.41) is 12.7. The van der Waals surface area contributed by atoms with Gasteiger partial charge in [0.25, 0.3) is 5.91 Å². The molecule has 0 saturated carbocycles. The van der Waals surface area contributed by atoms with Crippen LogP contribution in [-0.4, -0.2) is 35.3 Å². The van der Waals surface area contributed by atoms with Gasteiger partial charge in [0.15, 0.2) is 0 Å². The first-order valence-electron chi connectivity index (χ1n) is 11.8. The Morgan fingerprint density at radius 1 is 1.03 bits per heavy atom. The maximum atomic E-state index is 12.4. The first-order valence-corrected chi connectivity index (χ1v) is 11.8. The average Bonchev–Trinajstić information content (AvgIpc) is 3.27. The molecule has 1 aromatic heterocycles. The van der Waals surface area contributed by atoms with E-state index in [0.29, 0.717) is 17.2 Å². The maximum absolute atomic E-state index is 12.4. The van der Waals surface area contributed by atoms with E-state index in [-0.39, 0.29) is 27.1 Å². The molecule has 0 aliphatic carbocycles. The third-order valence-electron chi connectivity index (χ3n) is 6.17. The molecule has 2 aliphatic rings. The Hall–Kier alpha value is -2.63. The molecule has 3 N–H and O–H groups in total. The Labute approximate surface area is 215 Å². The van der Waals surface area contributed by atoms with Gasteiger partial charge in [-0.3, -0.25) is 4.79 Å². The molecule has 0 spiro atoms. The molecule has 3 heterocycles. The molecule has 1 unspecified atom stereocenters. The van der Waals surface area contributed by atoms with Gasteiger partial charge in [-0.25, -0.2) is 4.68 Å². The van der Waals surface area contributed by atoms with E-state index >= 15 is 0 Å². The monoisotopic (exact) mass is 630 g/mol. The molecule has 1 saturated heterocycles. The van der Waals surface area contributed by atoms with E-state index in [9.17, 15) is 4.79 Å². The predicted octanol–water partition coefficient (Wildman–Crippen LogP) is 5.61. The number of nitrogens with two attached hydrogens (primary N) is 1. The molecule has 1 amide bonds. The molecule has 1 atom stereocenters. The van der Waals surface area contributed by atoms with Crippen molar-refractivity contribution >= 4 is 11.7 Å². The van der Waals surface area contributed by atoms with Crippen molar-refractivity contribution in [3.8, 4) is 22.8 Å². The molecule has 0 radical (unpaired) electrons. The second-order valence-electron chi connectivity index (χ2n) is 8.11. The van der Waals surface area contributed by atoms with Gasteiger partial charge >= 0.3 is 0 Å². The molecule has 1 fully saturated rings. The topological polar surface area (TPSA) is 96.3 Å². The van der Waals surface area contributed by atoms with Crippen LogP contribution >= 0.6 is 0 Å². The zero-order valence-corrected chi connectivity index (χ0v) is 22.7. The van der Waals surface area contributed by atoms with Crippen molar-refractivity contribution in [3.63, 3.8) is 0 Å². The summed E-state index contributed by atoms with van der Waals surface area (Å²) in [5.41, 5.74) is 7.73. The predicted molar refractivity (Wildman–Crippen MR) is 132 cm³/mol. The SMILES string of the molecule is CC.NC(=O)c1c(-c2ccc(Oc3ccccc3)cc2)nn2c1NCCC2C1CC[N-]CC1.[W]. The molecule has 0 bridgehead atoms. The Morgan fingerprint density at radius 2 is 1.68 bits per heavy atom. The van der Waals surface area contributed by atoms with Gasteiger partial charge in [0.05, 0.1) is 6.04 Å². The number of ether oxygens (including phenoxy) is 1. The minimum atomic E-state index is -0.465. The maximum Gasteiger partial charge on any atom is 0.254 e. The zero-order valence-electron chi connectivity index (χ0n) is 19.7. The summed E-state index contributed by atoms with van der Waals surface area (Å²) in [6.07, 6.45) is 3.12. The Bertz CT molecular complexity index is 1060. The summed E-state index contributed by atoms with van der Waals surface area (Å²) in [4.78, 5) is 12.4. The van der Waals surface area contributed by atoms with E-state index in [1.165, 1.54) is 0 Å². The standard InChI is InChI=1S/C24H26N5O2.C2H6.W/c25-23(30)21-22(17-6-8-19(9-7-17)31-18-4-2-1-3-5-18)28-29-20(12-15-27-24(21)29)16-10-13-26-14-11-16;1-2;/h1-9,16,20,27H,10-15H2,(H2,25,30);1-2H3;/q-1;;. The van der Waals surface area contributed by atoms with Crippen LogP contribution in [0.3, 0.4) is 0 Å². The van der Waals surface area contributed by atoms with Crippen LogP contribution in [0.15, 0.2) is 54.6 Å². The fourth-order valence-corrected chi connectivity index (χ4v) is 4.64. The number of anilines is 1. The van der Waals surface area contributed by atoms with Gasteiger partial charge in [-0.15, -0.1) is 13.1 Å². The number of fused-ring (bicyclic) bond motifs is 1. The largest absolute Gasteiger partial charge is 0.662 e. The summed E-state index contributed by atoms with van der Waals surface area (Å²) in [5.74, 6) is 2.30. The van der Waals surface area contributed by atoms with Crippen molar-refractivity contribution in [2.24, 2.45) is 11.7 Å². The molecular formula is C26H32N5O2W-. The van der Waals surface area contributed by atoms with E-state index in [0.717, 1.165) is 61.8 Å². The number of benzene rings is 2. The summed E-state index contributed by atoms with van der Waals surface area (Å²) >= 11 is 0. The Balaban J connectivity index is 0.00000105. The molecule has 3 aromatic rings. The van der Waals surface area contributed by atoms with E-state index in [4.69, 9.17) is 15.6 Å². The van der Waals surface area contributed by atoms with Crippen LogP contribution in [-0.2, 0) is 21.1 Å². The van der Waals surface area contributed by atoms with Crippen LogP contribution in [0.2, 0.25) is 0 Å². The second-order valence-corrected chi connectivity index (χ2v) is 8.11. The second kappa shape index (κ2) is 12.2. The number of piperidine rings is 1. The summed E-state index contributed by atoms with van der Waals surface area (Å²) in [7, 11) is 0. The molecule has 2 aliphatic heterocycles. The van der Waals surface area contributed by atoms with Crippen molar-refractivity contribution in [2.45, 2.75) is 39.2 Å². The average molecular weight is 630 g/mol. The first kappa shape index (κ1) is 26.0. The van der Waals surface area contributed by atoms with E-state index in [1.807, 2.05) is 73.1 Å². The molecule has 2 aromatic carbocycles. The zero-order chi connectivity index (χ0) is 23.2. The minimum absolute atomic E-state index is 0. The Morgan fingerprint density at radius 3 is 2.32 bits per heavy atom. The third-order valence-corrected chi connectivity index (χ3v) is 6.17. The third kappa shape index (κ3) is 5.53. The molecule has 7 nitrogen and oxygen atoms in total. The number of rotatable bonds is 5. The number of para-hydroxylation sites is 1. The number of carbonyl (C=O) groups excluding carboxylic acids is 1. The molecule has 5 rings (SSSR count). The van der Waals surface area contributed by atoms with Crippen LogP contribution in [0.5, 0.6) is 11.5 Å². The number of hydrogen-bond donors (Lipinski definition) is 2. The van der Waals surface area contributed by atoms with Crippen molar-refractivity contribution < 1.29 is 30.6 Å². The van der Waals surface area contributed by atoms with Gasteiger partial charge in [-0.2, -0.15) is 5.10 Å². The van der Waals surface area contributed by atoms with Crippen LogP contribution < -0.4 is 15.8 Å². The number of hydrogen-bond acceptors (Lipinski definition) is 4. The van der Waals surface area contributed by atoms with Crippen LogP contribution in [0.4, 0.5) is 5.82 Å². The fraction of sp³-hybridized carbons (Fsp3) is 0.385. The van der Waals surface area contributed by atoms with Crippen molar-refractivity contribution in [3.05, 3.63) is 65.5 Å². The van der Waals surface area contributed by atoms with Crippen LogP contribution in [0, 0.1) is 5.92 Å². The van der Waals surface area contributed by atoms with Gasteiger partial charge in [-0.05, 0) is 48.7 Å². The van der Waals surface area contributed by atoms with Gasteiger partial charge < -0.3 is 21.1 Å². The number of nitrogens with one attached hydrogen (secondary N) is 1. The molecular weight excluding hydrogens is 598 g/mol. The van der Waals surface area contributed by atoms with Crippen LogP contribution in [0.25, 0.3) is 16.6 Å². The van der Waals surface area contributed by atoms with Gasteiger partial charge in [0, 0.05) is 33.2 Å². The minimum Gasteiger partial charge on any atom is -0.662 e. The van der Waals surface area contributed by atoms with Crippen molar-refractivity contribution in [1.29, 1.82) is 0 Å². The van der Waals surface area contributed by atoms with Gasteiger partial charge in [0.2, 0.25) is 0 Å². The quantitative estimate of drug-likeness (QED) is 0.384. The number of carbonyl (C=O) groups is 1. The summed E-state index contributed by atoms with van der Waals surface area (Å²) in [6, 6.07) is 17.5. The summed E-state index contributed by atoms with van der Waals surface area (Å²) < 4.78 is 7.89. The number of aromatic nitrogens is 2. The van der Waals surface area contributed by atoms with Crippen molar-refractivity contribution in [1.82, 2.24) is 9.78 Å². The molecule has 34 heavy (non-hydrogen) atoms. The van der Waals surface area contributed by atoms with Gasteiger partial charge in [-0.1, -0.05) is 44.9 Å². The fourth-order valence-electron chi connectivity index (χ4n) is 4.64. The number of nitrogens with zero attached hydrogens (tertiary/aromatic N) is 3. The molecule has 8 heteroatoms. The first-order chi connectivity index (χ1) is 16.2. The Kier molecular flexibility index (Phi) is 9.31. The van der Waals surface area contributed by atoms with E-state index < -0.39 is 5.91 Å². The van der Waals surface area contributed by atoms with Gasteiger partial charge in [0.1, 0.15) is 28.6 Å². The number of amides is 1. The normalized spacial score (nSPS) is 17.3. The smallest absolute Gasteiger partial charge is 0.254 e. The van der Waals surface area contributed by atoms with Crippen molar-refractivity contribution in [2.75, 3.05) is 25.0 Å². The van der Waals surface area contributed by atoms with E-state index in [1.54, 1.807) is 0 Å². The van der Waals surface area contributed by atoms with Crippen LogP contribution in [0.1, 0.15) is 49.5 Å². The van der Waals surface area contributed by atoms with E-state index in [2.05, 4.69) is 10.6 Å². The number of primary amides is 1.